The van der Waals surface area contributed by atoms with E-state index in [4.69, 9.17) is 19.3 Å². The van der Waals surface area contributed by atoms with E-state index in [9.17, 15) is 4.79 Å². The summed E-state index contributed by atoms with van der Waals surface area (Å²) in [5.41, 5.74) is 0.478. The molecule has 0 bridgehead atoms. The molecule has 1 aromatic carbocycles. The fourth-order valence-corrected chi connectivity index (χ4v) is 2.04. The quantitative estimate of drug-likeness (QED) is 0.709. The number of hydrogen-bond donors (Lipinski definition) is 1. The Morgan fingerprint density at radius 1 is 1.24 bits per heavy atom. The van der Waals surface area contributed by atoms with Crippen LogP contribution in [0, 0.1) is 5.41 Å². The van der Waals surface area contributed by atoms with Crippen molar-refractivity contribution in [3.05, 3.63) is 29.8 Å². The summed E-state index contributed by atoms with van der Waals surface area (Å²) < 4.78 is 16.4. The molecular weight excluding hydrogens is 272 g/mol. The number of carboxylic acid groups (broad SMARTS) is 1. The summed E-state index contributed by atoms with van der Waals surface area (Å²) in [6, 6.07) is 6.44. The Balaban J connectivity index is 1.52. The highest BCUT2D eigenvalue weighted by Crippen LogP contribution is 2.26. The molecule has 1 aromatic rings. The smallest absolute Gasteiger partial charge is 0.335 e. The molecule has 1 aliphatic rings. The topological polar surface area (TPSA) is 65.0 Å². The Morgan fingerprint density at radius 3 is 2.48 bits per heavy atom. The summed E-state index contributed by atoms with van der Waals surface area (Å²) >= 11 is 0. The van der Waals surface area contributed by atoms with E-state index in [-0.39, 0.29) is 11.0 Å². The molecule has 0 amide bonds. The van der Waals surface area contributed by atoms with Crippen molar-refractivity contribution in [2.75, 3.05) is 33.0 Å². The first-order chi connectivity index (χ1) is 10.1. The van der Waals surface area contributed by atoms with Crippen LogP contribution in [0.5, 0.6) is 5.75 Å². The minimum Gasteiger partial charge on any atom is -0.494 e. The van der Waals surface area contributed by atoms with Crippen molar-refractivity contribution in [1.82, 2.24) is 0 Å². The van der Waals surface area contributed by atoms with Gasteiger partial charge in [-0.05, 0) is 37.1 Å². The lowest BCUT2D eigenvalue weighted by atomic mass is 9.90. The molecular formula is C16H22O5. The zero-order valence-electron chi connectivity index (χ0n) is 12.3. The van der Waals surface area contributed by atoms with Crippen LogP contribution in [0.15, 0.2) is 24.3 Å². The molecule has 0 radical (unpaired) electrons. The lowest BCUT2D eigenvalue weighted by Gasteiger charge is -2.37. The minimum absolute atomic E-state index is 0.211. The predicted octanol–water partition coefficient (Wildman–Crippen LogP) is 2.60. The van der Waals surface area contributed by atoms with Crippen molar-refractivity contribution in [2.24, 2.45) is 5.41 Å². The molecule has 0 saturated carbocycles. The van der Waals surface area contributed by atoms with Crippen LogP contribution in [-0.4, -0.2) is 44.1 Å². The number of ether oxygens (including phenoxy) is 3. The van der Waals surface area contributed by atoms with E-state index < -0.39 is 5.97 Å². The van der Waals surface area contributed by atoms with Gasteiger partial charge in [0.25, 0.3) is 0 Å². The minimum atomic E-state index is -0.927. The molecule has 1 fully saturated rings. The van der Waals surface area contributed by atoms with E-state index in [1.807, 2.05) is 0 Å². The van der Waals surface area contributed by atoms with Gasteiger partial charge in [0, 0.05) is 12.0 Å². The number of carbonyl (C=O) groups is 1. The second kappa shape index (κ2) is 7.43. The Kier molecular flexibility index (Phi) is 5.59. The lowest BCUT2D eigenvalue weighted by molar-refractivity contribution is -0.138. The van der Waals surface area contributed by atoms with E-state index in [0.29, 0.717) is 12.4 Å². The van der Waals surface area contributed by atoms with Gasteiger partial charge in [0.1, 0.15) is 5.75 Å². The zero-order chi connectivity index (χ0) is 15.1. The zero-order valence-corrected chi connectivity index (χ0v) is 12.3. The molecule has 116 valence electrons. The molecule has 1 saturated heterocycles. The summed E-state index contributed by atoms with van der Waals surface area (Å²) in [7, 11) is 0. The summed E-state index contributed by atoms with van der Waals surface area (Å²) in [5.74, 6) is -0.232. The van der Waals surface area contributed by atoms with E-state index in [0.717, 1.165) is 39.3 Å². The average molecular weight is 294 g/mol. The summed E-state index contributed by atoms with van der Waals surface area (Å²) in [6.07, 6.45) is 1.86. The highest BCUT2D eigenvalue weighted by Gasteiger charge is 2.33. The van der Waals surface area contributed by atoms with E-state index in [1.165, 1.54) is 0 Å². The fourth-order valence-electron chi connectivity index (χ4n) is 2.04. The number of benzene rings is 1. The molecule has 5 nitrogen and oxygen atoms in total. The number of unbranched alkanes of at least 4 members (excludes halogenated alkanes) is 1. The third kappa shape index (κ3) is 5.02. The van der Waals surface area contributed by atoms with Gasteiger partial charge in [-0.3, -0.25) is 0 Å². The van der Waals surface area contributed by atoms with Crippen molar-refractivity contribution >= 4 is 5.97 Å². The molecule has 1 heterocycles. The molecule has 0 aliphatic carbocycles. The fraction of sp³-hybridized carbons (Fsp3) is 0.562. The van der Waals surface area contributed by atoms with Crippen molar-refractivity contribution in [2.45, 2.75) is 19.8 Å². The van der Waals surface area contributed by atoms with Crippen LogP contribution in [0.25, 0.3) is 0 Å². The maximum Gasteiger partial charge on any atom is 0.335 e. The largest absolute Gasteiger partial charge is 0.494 e. The maximum atomic E-state index is 10.7. The SMILES string of the molecule is CC1(COCCCCOc2ccc(C(=O)O)cc2)COC1. The number of hydrogen-bond acceptors (Lipinski definition) is 4. The normalized spacial score (nSPS) is 16.2. The van der Waals surface area contributed by atoms with Crippen LogP contribution in [0.1, 0.15) is 30.1 Å². The van der Waals surface area contributed by atoms with Crippen molar-refractivity contribution < 1.29 is 24.1 Å². The van der Waals surface area contributed by atoms with Gasteiger partial charge in [-0.2, -0.15) is 0 Å². The molecule has 0 spiro atoms. The van der Waals surface area contributed by atoms with E-state index in [2.05, 4.69) is 6.92 Å². The molecule has 5 heteroatoms. The van der Waals surface area contributed by atoms with Crippen LogP contribution in [0.2, 0.25) is 0 Å². The summed E-state index contributed by atoms with van der Waals surface area (Å²) in [4.78, 5) is 10.7. The first-order valence-corrected chi connectivity index (χ1v) is 7.21. The van der Waals surface area contributed by atoms with Crippen LogP contribution in [0.4, 0.5) is 0 Å². The molecule has 0 atom stereocenters. The summed E-state index contributed by atoms with van der Waals surface area (Å²) in [6.45, 7) is 5.85. The van der Waals surface area contributed by atoms with Gasteiger partial charge < -0.3 is 19.3 Å². The first kappa shape index (κ1) is 15.8. The highest BCUT2D eigenvalue weighted by atomic mass is 16.5. The number of aromatic carboxylic acids is 1. The molecule has 1 N–H and O–H groups in total. The van der Waals surface area contributed by atoms with Gasteiger partial charge in [0.05, 0.1) is 32.0 Å². The molecule has 2 rings (SSSR count). The predicted molar refractivity (Wildman–Crippen MR) is 77.9 cm³/mol. The van der Waals surface area contributed by atoms with Gasteiger partial charge in [-0.25, -0.2) is 4.79 Å². The number of rotatable bonds is 9. The Bertz CT molecular complexity index is 450. The Hall–Kier alpha value is -1.59. The molecule has 0 unspecified atom stereocenters. The molecule has 0 aromatic heterocycles. The average Bonchev–Trinajstić information content (AvgIpc) is 2.45. The molecule has 1 aliphatic heterocycles. The van der Waals surface area contributed by atoms with Gasteiger partial charge in [-0.1, -0.05) is 6.92 Å². The standard InChI is InChI=1S/C16H22O5/c1-16(11-20-12-16)10-19-8-2-3-9-21-14-6-4-13(5-7-14)15(17)18/h4-7H,2-3,8-12H2,1H3,(H,17,18). The molecule has 21 heavy (non-hydrogen) atoms. The van der Waals surface area contributed by atoms with Gasteiger partial charge in [-0.15, -0.1) is 0 Å². The summed E-state index contributed by atoms with van der Waals surface area (Å²) in [5, 5.41) is 8.79. The number of carboxylic acids is 1. The van der Waals surface area contributed by atoms with E-state index in [1.54, 1.807) is 24.3 Å². The van der Waals surface area contributed by atoms with Crippen molar-refractivity contribution in [3.8, 4) is 5.75 Å². The van der Waals surface area contributed by atoms with Crippen LogP contribution >= 0.6 is 0 Å². The van der Waals surface area contributed by atoms with Crippen LogP contribution in [0.3, 0.4) is 0 Å². The monoisotopic (exact) mass is 294 g/mol. The maximum absolute atomic E-state index is 10.7. The van der Waals surface area contributed by atoms with Crippen LogP contribution in [-0.2, 0) is 9.47 Å². The second-order valence-electron chi connectivity index (χ2n) is 5.74. The Morgan fingerprint density at radius 2 is 1.90 bits per heavy atom. The van der Waals surface area contributed by atoms with Gasteiger partial charge >= 0.3 is 5.97 Å². The first-order valence-electron chi connectivity index (χ1n) is 7.21. The van der Waals surface area contributed by atoms with Crippen molar-refractivity contribution in [3.63, 3.8) is 0 Å². The van der Waals surface area contributed by atoms with Gasteiger partial charge in [0.2, 0.25) is 0 Å². The third-order valence-corrected chi connectivity index (χ3v) is 3.40. The highest BCUT2D eigenvalue weighted by molar-refractivity contribution is 5.87. The second-order valence-corrected chi connectivity index (χ2v) is 5.74. The van der Waals surface area contributed by atoms with E-state index >= 15 is 0 Å². The third-order valence-electron chi connectivity index (χ3n) is 3.40. The van der Waals surface area contributed by atoms with Gasteiger partial charge in [0.15, 0.2) is 0 Å². The Labute approximate surface area is 124 Å². The lowest BCUT2D eigenvalue weighted by Crippen LogP contribution is -2.43. The van der Waals surface area contributed by atoms with Crippen molar-refractivity contribution in [1.29, 1.82) is 0 Å². The van der Waals surface area contributed by atoms with Crippen LogP contribution < -0.4 is 4.74 Å².